The molecule has 2 rings (SSSR count). The average Bonchev–Trinajstić information content (AvgIpc) is 2.34. The number of benzene rings is 1. The van der Waals surface area contributed by atoms with Crippen molar-refractivity contribution < 1.29 is 4.79 Å². The van der Waals surface area contributed by atoms with Crippen molar-refractivity contribution in [2.45, 2.75) is 6.92 Å². The number of nitrogens with one attached hydrogen (secondary N) is 1. The van der Waals surface area contributed by atoms with Gasteiger partial charge in [-0.25, -0.2) is 0 Å². The Hall–Kier alpha value is -2.34. The molecule has 0 unspecified atom stereocenters. The minimum absolute atomic E-state index is 0.0705. The molecule has 1 N–H and O–H groups in total. The van der Waals surface area contributed by atoms with Gasteiger partial charge in [0.1, 0.15) is 0 Å². The van der Waals surface area contributed by atoms with Crippen LogP contribution >= 0.6 is 0 Å². The Morgan fingerprint density at radius 1 is 1.35 bits per heavy atom. The van der Waals surface area contributed by atoms with Crippen molar-refractivity contribution in [3.63, 3.8) is 0 Å². The smallest absolute Gasteiger partial charge is 0.217 e. The van der Waals surface area contributed by atoms with Crippen molar-refractivity contribution in [2.75, 3.05) is 6.54 Å². The van der Waals surface area contributed by atoms with Gasteiger partial charge in [-0.15, -0.1) is 0 Å². The minimum atomic E-state index is -0.0705. The normalized spacial score (nSPS) is 9.47. The number of fused-ring (bicyclic) bond motifs is 1. The molecule has 0 spiro atoms. The summed E-state index contributed by atoms with van der Waals surface area (Å²) in [5.41, 5.74) is 1.86. The fourth-order valence-corrected chi connectivity index (χ4v) is 1.52. The van der Waals surface area contributed by atoms with Crippen LogP contribution in [0.4, 0.5) is 0 Å². The van der Waals surface area contributed by atoms with Crippen LogP contribution in [0.25, 0.3) is 10.9 Å². The van der Waals surface area contributed by atoms with E-state index in [0.717, 1.165) is 16.5 Å². The molecule has 0 saturated heterocycles. The molecule has 2 aromatic rings. The molecule has 0 bridgehead atoms. The van der Waals surface area contributed by atoms with Crippen molar-refractivity contribution >= 4 is 16.8 Å². The minimum Gasteiger partial charge on any atom is -0.345 e. The largest absolute Gasteiger partial charge is 0.345 e. The van der Waals surface area contributed by atoms with E-state index in [1.807, 2.05) is 30.3 Å². The summed E-state index contributed by atoms with van der Waals surface area (Å²) in [7, 11) is 0. The third-order valence-corrected chi connectivity index (χ3v) is 2.29. The molecule has 17 heavy (non-hydrogen) atoms. The average molecular weight is 224 g/mol. The fraction of sp³-hybridized carbons (Fsp3) is 0.143. The lowest BCUT2D eigenvalue weighted by Crippen LogP contribution is -2.19. The second kappa shape index (κ2) is 5.13. The highest BCUT2D eigenvalue weighted by Crippen LogP contribution is 2.14. The molecular formula is C14H12N2O. The van der Waals surface area contributed by atoms with E-state index in [-0.39, 0.29) is 5.91 Å². The molecule has 0 aliphatic rings. The van der Waals surface area contributed by atoms with Gasteiger partial charge in [0.2, 0.25) is 5.91 Å². The number of hydrogen-bond donors (Lipinski definition) is 1. The first-order valence-corrected chi connectivity index (χ1v) is 5.34. The quantitative estimate of drug-likeness (QED) is 0.749. The first-order chi connectivity index (χ1) is 8.27. The summed E-state index contributed by atoms with van der Waals surface area (Å²) in [6.45, 7) is 1.84. The summed E-state index contributed by atoms with van der Waals surface area (Å²) in [6.07, 6.45) is 1.76. The molecule has 0 saturated carbocycles. The second-order valence-electron chi connectivity index (χ2n) is 3.59. The number of carbonyl (C=O) groups excluding carboxylic acids is 1. The highest BCUT2D eigenvalue weighted by molar-refractivity contribution is 5.84. The molecule has 84 valence electrons. The Labute approximate surface area is 99.9 Å². The molecule has 1 aromatic heterocycles. The maximum Gasteiger partial charge on any atom is 0.217 e. The first kappa shape index (κ1) is 11.2. The van der Waals surface area contributed by atoms with Crippen LogP contribution in [0.1, 0.15) is 12.5 Å². The van der Waals surface area contributed by atoms with E-state index in [0.29, 0.717) is 6.54 Å². The van der Waals surface area contributed by atoms with Gasteiger partial charge in [0.25, 0.3) is 0 Å². The van der Waals surface area contributed by atoms with E-state index < -0.39 is 0 Å². The van der Waals surface area contributed by atoms with Gasteiger partial charge in [-0.05, 0) is 18.2 Å². The molecule has 3 nitrogen and oxygen atoms in total. The third-order valence-electron chi connectivity index (χ3n) is 2.29. The lowest BCUT2D eigenvalue weighted by Gasteiger charge is -1.98. The lowest BCUT2D eigenvalue weighted by atomic mass is 10.1. The molecule has 0 aliphatic heterocycles. The van der Waals surface area contributed by atoms with Crippen molar-refractivity contribution in [3.05, 3.63) is 42.1 Å². The zero-order valence-corrected chi connectivity index (χ0v) is 9.53. The van der Waals surface area contributed by atoms with Crippen molar-refractivity contribution in [3.8, 4) is 11.8 Å². The maximum atomic E-state index is 10.7. The van der Waals surface area contributed by atoms with Gasteiger partial charge in [0.15, 0.2) is 0 Å². The number of nitrogens with zero attached hydrogens (tertiary/aromatic N) is 1. The highest BCUT2D eigenvalue weighted by atomic mass is 16.1. The van der Waals surface area contributed by atoms with E-state index in [1.54, 1.807) is 6.20 Å². The van der Waals surface area contributed by atoms with E-state index >= 15 is 0 Å². The third kappa shape index (κ3) is 2.82. The van der Waals surface area contributed by atoms with Gasteiger partial charge in [-0.2, -0.15) is 0 Å². The van der Waals surface area contributed by atoms with Crippen LogP contribution < -0.4 is 5.32 Å². The van der Waals surface area contributed by atoms with Crippen LogP contribution in [0.5, 0.6) is 0 Å². The Kier molecular flexibility index (Phi) is 3.37. The predicted octanol–water partition coefficient (Wildman–Crippen LogP) is 1.72. The van der Waals surface area contributed by atoms with Gasteiger partial charge in [0.05, 0.1) is 12.1 Å². The van der Waals surface area contributed by atoms with Gasteiger partial charge in [-0.3, -0.25) is 9.78 Å². The van der Waals surface area contributed by atoms with Crippen LogP contribution in [-0.4, -0.2) is 17.4 Å². The topological polar surface area (TPSA) is 42.0 Å². The van der Waals surface area contributed by atoms with Crippen LogP contribution in [0, 0.1) is 11.8 Å². The van der Waals surface area contributed by atoms with Crippen molar-refractivity contribution in [1.82, 2.24) is 10.3 Å². The molecule has 0 radical (unpaired) electrons. The van der Waals surface area contributed by atoms with Crippen LogP contribution in [0.15, 0.2) is 36.5 Å². The van der Waals surface area contributed by atoms with Crippen LogP contribution in [-0.2, 0) is 4.79 Å². The number of pyridine rings is 1. The van der Waals surface area contributed by atoms with Gasteiger partial charge in [-0.1, -0.05) is 24.0 Å². The number of amides is 1. The SMILES string of the molecule is CC(=O)NCC#Cc1cccc2ncccc12. The maximum absolute atomic E-state index is 10.7. The standard InChI is InChI=1S/C14H12N2O/c1-11(17)15-9-3-6-12-5-2-8-14-13(12)7-4-10-16-14/h2,4-5,7-8,10H,9H2,1H3,(H,15,17). The Morgan fingerprint density at radius 3 is 3.06 bits per heavy atom. The fourth-order valence-electron chi connectivity index (χ4n) is 1.52. The van der Waals surface area contributed by atoms with E-state index in [2.05, 4.69) is 22.1 Å². The molecule has 0 aliphatic carbocycles. The van der Waals surface area contributed by atoms with E-state index in [9.17, 15) is 4.79 Å². The second-order valence-corrected chi connectivity index (χ2v) is 3.59. The van der Waals surface area contributed by atoms with E-state index in [4.69, 9.17) is 0 Å². The monoisotopic (exact) mass is 224 g/mol. The zero-order valence-electron chi connectivity index (χ0n) is 9.53. The molecule has 1 aromatic carbocycles. The van der Waals surface area contributed by atoms with Gasteiger partial charge >= 0.3 is 0 Å². The van der Waals surface area contributed by atoms with Gasteiger partial charge in [0, 0.05) is 24.1 Å². The van der Waals surface area contributed by atoms with Crippen molar-refractivity contribution in [1.29, 1.82) is 0 Å². The van der Waals surface area contributed by atoms with Crippen LogP contribution in [0.3, 0.4) is 0 Å². The first-order valence-electron chi connectivity index (χ1n) is 5.34. The molecule has 0 atom stereocenters. The van der Waals surface area contributed by atoms with Crippen molar-refractivity contribution in [2.24, 2.45) is 0 Å². The summed E-state index contributed by atoms with van der Waals surface area (Å²) in [4.78, 5) is 14.9. The molecule has 1 heterocycles. The Morgan fingerprint density at radius 2 is 2.24 bits per heavy atom. The number of hydrogen-bond acceptors (Lipinski definition) is 2. The lowest BCUT2D eigenvalue weighted by molar-refractivity contribution is -0.118. The summed E-state index contributed by atoms with van der Waals surface area (Å²) in [5.74, 6) is 5.88. The van der Waals surface area contributed by atoms with E-state index in [1.165, 1.54) is 6.92 Å². The molecule has 3 heteroatoms. The van der Waals surface area contributed by atoms with Crippen LogP contribution in [0.2, 0.25) is 0 Å². The number of aromatic nitrogens is 1. The zero-order chi connectivity index (χ0) is 12.1. The molecule has 0 fully saturated rings. The summed E-state index contributed by atoms with van der Waals surface area (Å²) < 4.78 is 0. The highest BCUT2D eigenvalue weighted by Gasteiger charge is 1.96. The molecule has 1 amide bonds. The number of carbonyl (C=O) groups is 1. The molecular weight excluding hydrogens is 212 g/mol. The summed E-state index contributed by atoms with van der Waals surface area (Å²) >= 11 is 0. The van der Waals surface area contributed by atoms with Gasteiger partial charge < -0.3 is 5.32 Å². The number of rotatable bonds is 1. The summed E-state index contributed by atoms with van der Waals surface area (Å²) in [6, 6.07) is 9.71. The summed E-state index contributed by atoms with van der Waals surface area (Å²) in [5, 5.41) is 3.67. The predicted molar refractivity (Wildman–Crippen MR) is 67.3 cm³/mol. The Balaban J connectivity index is 2.26. The Bertz CT molecular complexity index is 603.